The fourth-order valence-corrected chi connectivity index (χ4v) is 2.08. The van der Waals surface area contributed by atoms with Crippen LogP contribution in [0, 0.1) is 5.92 Å². The normalized spacial score (nSPS) is 18.2. The second-order valence-corrected chi connectivity index (χ2v) is 4.52. The van der Waals surface area contributed by atoms with Crippen molar-refractivity contribution in [3.8, 4) is 0 Å². The highest BCUT2D eigenvalue weighted by Gasteiger charge is 2.30. The van der Waals surface area contributed by atoms with Gasteiger partial charge in [0.15, 0.2) is 0 Å². The Balaban J connectivity index is 2.05. The van der Waals surface area contributed by atoms with Crippen molar-refractivity contribution in [2.24, 2.45) is 5.92 Å². The van der Waals surface area contributed by atoms with Crippen molar-refractivity contribution in [1.29, 1.82) is 0 Å². The molecule has 3 N–H and O–H groups in total. The van der Waals surface area contributed by atoms with Crippen molar-refractivity contribution in [2.45, 2.75) is 25.7 Å². The van der Waals surface area contributed by atoms with Gasteiger partial charge >= 0.3 is 0 Å². The molecule has 78 valence electrons. The Morgan fingerprint density at radius 1 is 1.47 bits per heavy atom. The standard InChI is InChI=1S/C12H15N3/c1-7(8-2-3-8)12-14-10-5-4-9(13)6-11(10)15-12/h4-8H,2-3,13H2,1H3,(H,14,15). The fraction of sp³-hybridized carbons (Fsp3) is 0.417. The number of nitrogens with zero attached hydrogens (tertiary/aromatic N) is 1. The molecule has 1 fully saturated rings. The summed E-state index contributed by atoms with van der Waals surface area (Å²) in [7, 11) is 0. The first kappa shape index (κ1) is 8.77. The lowest BCUT2D eigenvalue weighted by atomic mass is 10.1. The SMILES string of the molecule is CC(c1nc2ccc(N)cc2[nH]1)C1CC1. The molecule has 1 unspecified atom stereocenters. The van der Waals surface area contributed by atoms with E-state index in [0.29, 0.717) is 5.92 Å². The van der Waals surface area contributed by atoms with Crippen molar-refractivity contribution in [2.75, 3.05) is 5.73 Å². The quantitative estimate of drug-likeness (QED) is 0.734. The predicted molar refractivity (Wildman–Crippen MR) is 61.6 cm³/mol. The Morgan fingerprint density at radius 2 is 2.27 bits per heavy atom. The average molecular weight is 201 g/mol. The summed E-state index contributed by atoms with van der Waals surface area (Å²) >= 11 is 0. The van der Waals surface area contributed by atoms with Crippen LogP contribution in [-0.2, 0) is 0 Å². The highest BCUT2D eigenvalue weighted by Crippen LogP contribution is 2.41. The summed E-state index contributed by atoms with van der Waals surface area (Å²) in [6.45, 7) is 2.25. The average Bonchev–Trinajstić information content (AvgIpc) is 2.97. The Kier molecular flexibility index (Phi) is 1.75. The molecule has 1 aliphatic carbocycles. The van der Waals surface area contributed by atoms with Crippen molar-refractivity contribution in [1.82, 2.24) is 9.97 Å². The first-order valence-corrected chi connectivity index (χ1v) is 5.49. The fourth-order valence-electron chi connectivity index (χ4n) is 2.08. The molecule has 0 radical (unpaired) electrons. The predicted octanol–water partition coefficient (Wildman–Crippen LogP) is 2.66. The van der Waals surface area contributed by atoms with Gasteiger partial charge in [0.25, 0.3) is 0 Å². The second kappa shape index (κ2) is 2.99. The lowest BCUT2D eigenvalue weighted by Crippen LogP contribution is -1.97. The number of aromatic amines is 1. The van der Waals surface area contributed by atoms with Crippen LogP contribution in [0.3, 0.4) is 0 Å². The van der Waals surface area contributed by atoms with Gasteiger partial charge in [-0.05, 0) is 37.0 Å². The van der Waals surface area contributed by atoms with Gasteiger partial charge in [0.2, 0.25) is 0 Å². The number of imidazole rings is 1. The molecule has 1 heterocycles. The highest BCUT2D eigenvalue weighted by molar-refractivity contribution is 5.78. The number of nitrogen functional groups attached to an aromatic ring is 1. The van der Waals surface area contributed by atoms with Crippen LogP contribution in [-0.4, -0.2) is 9.97 Å². The number of nitrogens with two attached hydrogens (primary N) is 1. The first-order chi connectivity index (χ1) is 7.24. The lowest BCUT2D eigenvalue weighted by Gasteiger charge is -2.04. The van der Waals surface area contributed by atoms with Gasteiger partial charge in [-0.15, -0.1) is 0 Å². The minimum absolute atomic E-state index is 0.554. The number of H-pyrrole nitrogens is 1. The zero-order chi connectivity index (χ0) is 10.4. The summed E-state index contributed by atoms with van der Waals surface area (Å²) in [6.07, 6.45) is 2.70. The van der Waals surface area contributed by atoms with Gasteiger partial charge in [0.1, 0.15) is 5.82 Å². The maximum Gasteiger partial charge on any atom is 0.110 e. The van der Waals surface area contributed by atoms with Gasteiger partial charge in [-0.3, -0.25) is 0 Å². The van der Waals surface area contributed by atoms with E-state index in [0.717, 1.165) is 28.5 Å². The van der Waals surface area contributed by atoms with Gasteiger partial charge in [-0.1, -0.05) is 6.92 Å². The number of hydrogen-bond donors (Lipinski definition) is 2. The Bertz CT molecular complexity index is 497. The summed E-state index contributed by atoms with van der Waals surface area (Å²) in [5.41, 5.74) is 8.60. The maximum absolute atomic E-state index is 5.73. The van der Waals surface area contributed by atoms with Crippen molar-refractivity contribution >= 4 is 16.7 Å². The first-order valence-electron chi connectivity index (χ1n) is 5.49. The van der Waals surface area contributed by atoms with Gasteiger partial charge in [0.05, 0.1) is 11.0 Å². The third-order valence-electron chi connectivity index (χ3n) is 3.28. The lowest BCUT2D eigenvalue weighted by molar-refractivity contribution is 0.630. The van der Waals surface area contributed by atoms with E-state index in [1.807, 2.05) is 18.2 Å². The summed E-state index contributed by atoms with van der Waals surface area (Å²) in [5.74, 6) is 2.50. The van der Waals surface area contributed by atoms with Crippen LogP contribution in [0.5, 0.6) is 0 Å². The smallest absolute Gasteiger partial charge is 0.110 e. The molecular weight excluding hydrogens is 186 g/mol. The maximum atomic E-state index is 5.73. The molecule has 3 nitrogen and oxygen atoms in total. The molecule has 1 aromatic carbocycles. The third-order valence-corrected chi connectivity index (χ3v) is 3.28. The van der Waals surface area contributed by atoms with Gasteiger partial charge in [0, 0.05) is 11.6 Å². The summed E-state index contributed by atoms with van der Waals surface area (Å²) in [5, 5.41) is 0. The topological polar surface area (TPSA) is 54.7 Å². The molecule has 0 spiro atoms. The van der Waals surface area contributed by atoms with E-state index in [1.165, 1.54) is 12.8 Å². The monoisotopic (exact) mass is 201 g/mol. The van der Waals surface area contributed by atoms with Crippen molar-refractivity contribution < 1.29 is 0 Å². The van der Waals surface area contributed by atoms with E-state index in [9.17, 15) is 0 Å². The van der Waals surface area contributed by atoms with Crippen LogP contribution in [0.1, 0.15) is 31.5 Å². The molecular formula is C12H15N3. The number of fused-ring (bicyclic) bond motifs is 1. The minimum atomic E-state index is 0.554. The Labute approximate surface area is 88.7 Å². The number of nitrogens with one attached hydrogen (secondary N) is 1. The zero-order valence-corrected chi connectivity index (χ0v) is 8.83. The molecule has 1 aromatic heterocycles. The molecule has 0 bridgehead atoms. The molecule has 2 aromatic rings. The summed E-state index contributed by atoms with van der Waals surface area (Å²) < 4.78 is 0. The number of rotatable bonds is 2. The molecule has 0 saturated heterocycles. The number of aromatic nitrogens is 2. The van der Waals surface area contributed by atoms with E-state index in [2.05, 4.69) is 16.9 Å². The van der Waals surface area contributed by atoms with Crippen molar-refractivity contribution in [3.05, 3.63) is 24.0 Å². The van der Waals surface area contributed by atoms with E-state index in [4.69, 9.17) is 5.73 Å². The van der Waals surface area contributed by atoms with Crippen molar-refractivity contribution in [3.63, 3.8) is 0 Å². The van der Waals surface area contributed by atoms with Crippen LogP contribution in [0.15, 0.2) is 18.2 Å². The molecule has 1 atom stereocenters. The van der Waals surface area contributed by atoms with Gasteiger partial charge < -0.3 is 10.7 Å². The molecule has 1 aliphatic rings. The zero-order valence-electron chi connectivity index (χ0n) is 8.83. The van der Waals surface area contributed by atoms with E-state index in [-0.39, 0.29) is 0 Å². The number of anilines is 1. The molecule has 3 rings (SSSR count). The third kappa shape index (κ3) is 1.48. The Hall–Kier alpha value is -1.51. The second-order valence-electron chi connectivity index (χ2n) is 4.52. The van der Waals surface area contributed by atoms with Gasteiger partial charge in [-0.2, -0.15) is 0 Å². The van der Waals surface area contributed by atoms with Crippen LogP contribution in [0.4, 0.5) is 5.69 Å². The minimum Gasteiger partial charge on any atom is -0.399 e. The summed E-state index contributed by atoms with van der Waals surface area (Å²) in [4.78, 5) is 7.97. The molecule has 0 aliphatic heterocycles. The highest BCUT2D eigenvalue weighted by atomic mass is 14.9. The molecule has 15 heavy (non-hydrogen) atoms. The van der Waals surface area contributed by atoms with Crippen LogP contribution >= 0.6 is 0 Å². The molecule has 3 heteroatoms. The van der Waals surface area contributed by atoms with E-state index < -0.39 is 0 Å². The van der Waals surface area contributed by atoms with Crippen LogP contribution < -0.4 is 5.73 Å². The van der Waals surface area contributed by atoms with Crippen LogP contribution in [0.2, 0.25) is 0 Å². The largest absolute Gasteiger partial charge is 0.399 e. The van der Waals surface area contributed by atoms with E-state index >= 15 is 0 Å². The Morgan fingerprint density at radius 3 is 3.00 bits per heavy atom. The van der Waals surface area contributed by atoms with Crippen LogP contribution in [0.25, 0.3) is 11.0 Å². The summed E-state index contributed by atoms with van der Waals surface area (Å²) in [6, 6.07) is 5.82. The van der Waals surface area contributed by atoms with Gasteiger partial charge in [-0.25, -0.2) is 4.98 Å². The molecule has 0 amide bonds. The van der Waals surface area contributed by atoms with E-state index in [1.54, 1.807) is 0 Å². The number of hydrogen-bond acceptors (Lipinski definition) is 2. The number of benzene rings is 1. The molecule has 1 saturated carbocycles.